The molecular formula is C6H9BrNNaO3S. The van der Waals surface area contributed by atoms with Gasteiger partial charge in [0.2, 0.25) is 0 Å². The van der Waals surface area contributed by atoms with Gasteiger partial charge in [-0.1, -0.05) is 18.2 Å². The summed E-state index contributed by atoms with van der Waals surface area (Å²) in [5, 5.41) is 0. The predicted molar refractivity (Wildman–Crippen MR) is 49.7 cm³/mol. The van der Waals surface area contributed by atoms with E-state index in [1.54, 1.807) is 6.07 Å². The molecule has 1 aromatic carbocycles. The molecule has 13 heavy (non-hydrogen) atoms. The number of rotatable bonds is 1. The Hall–Kier alpha value is 0.570. The van der Waals surface area contributed by atoms with Crippen molar-refractivity contribution < 1.29 is 42.5 Å². The number of benzene rings is 1. The number of hydrogen-bond acceptors (Lipinski definition) is 4. The fourth-order valence-corrected chi connectivity index (χ4v) is 1.08. The monoisotopic (exact) mass is 277 g/mol. The second kappa shape index (κ2) is 7.93. The first-order valence-electron chi connectivity index (χ1n) is 2.61. The SMILES string of the molecule is Br.N.O=S(=O)([O-])c1ccccc1.[Na+]. The topological polar surface area (TPSA) is 92.2 Å². The van der Waals surface area contributed by atoms with Gasteiger partial charge in [0.15, 0.2) is 0 Å². The van der Waals surface area contributed by atoms with E-state index in [2.05, 4.69) is 0 Å². The van der Waals surface area contributed by atoms with Gasteiger partial charge in [0.05, 0.1) is 4.90 Å². The third-order valence-electron chi connectivity index (χ3n) is 1.03. The molecule has 0 saturated carbocycles. The summed E-state index contributed by atoms with van der Waals surface area (Å²) < 4.78 is 30.8. The van der Waals surface area contributed by atoms with Crippen LogP contribution in [0.25, 0.3) is 0 Å². The summed E-state index contributed by atoms with van der Waals surface area (Å²) in [6.07, 6.45) is 0. The number of halogens is 1. The zero-order valence-electron chi connectivity index (χ0n) is 7.14. The van der Waals surface area contributed by atoms with Crippen molar-refractivity contribution in [2.24, 2.45) is 0 Å². The van der Waals surface area contributed by atoms with Crippen molar-refractivity contribution in [2.75, 3.05) is 0 Å². The summed E-state index contributed by atoms with van der Waals surface area (Å²) in [4.78, 5) is -0.185. The molecule has 0 spiro atoms. The molecule has 0 fully saturated rings. The molecule has 4 nitrogen and oxygen atoms in total. The third kappa shape index (κ3) is 6.62. The molecule has 0 atom stereocenters. The van der Waals surface area contributed by atoms with Crippen LogP contribution in [0.5, 0.6) is 0 Å². The average Bonchev–Trinajstić information content (AvgIpc) is 1.88. The normalized spacial score (nSPS) is 8.69. The molecule has 1 aromatic rings. The minimum Gasteiger partial charge on any atom is -0.744 e. The van der Waals surface area contributed by atoms with Crippen LogP contribution in [-0.2, 0) is 10.1 Å². The molecule has 0 saturated heterocycles. The molecule has 7 heteroatoms. The molecule has 0 aliphatic carbocycles. The Morgan fingerprint density at radius 3 is 1.69 bits per heavy atom. The van der Waals surface area contributed by atoms with Gasteiger partial charge in [0, 0.05) is 0 Å². The van der Waals surface area contributed by atoms with E-state index in [0.29, 0.717) is 0 Å². The molecule has 70 valence electrons. The average molecular weight is 278 g/mol. The van der Waals surface area contributed by atoms with Crippen molar-refractivity contribution in [1.82, 2.24) is 6.15 Å². The van der Waals surface area contributed by atoms with Gasteiger partial charge in [-0.25, -0.2) is 8.42 Å². The van der Waals surface area contributed by atoms with Crippen molar-refractivity contribution in [1.29, 1.82) is 0 Å². The van der Waals surface area contributed by atoms with Crippen LogP contribution < -0.4 is 35.7 Å². The van der Waals surface area contributed by atoms with Crippen molar-refractivity contribution in [3.63, 3.8) is 0 Å². The zero-order valence-corrected chi connectivity index (χ0v) is 11.7. The Kier molecular flexibility index (Phi) is 11.7. The summed E-state index contributed by atoms with van der Waals surface area (Å²) >= 11 is 0. The Bertz CT molecular complexity index is 316. The van der Waals surface area contributed by atoms with E-state index < -0.39 is 10.1 Å². The first-order valence-corrected chi connectivity index (χ1v) is 4.02. The summed E-state index contributed by atoms with van der Waals surface area (Å²) in [5.41, 5.74) is 0. The van der Waals surface area contributed by atoms with Gasteiger partial charge >= 0.3 is 29.6 Å². The number of hydrogen-bond donors (Lipinski definition) is 1. The first kappa shape index (κ1) is 19.2. The predicted octanol–water partition coefficient (Wildman–Crippen LogP) is -1.67. The third-order valence-corrected chi connectivity index (χ3v) is 1.88. The maximum atomic E-state index is 10.3. The van der Waals surface area contributed by atoms with Crippen LogP contribution in [0.2, 0.25) is 0 Å². The van der Waals surface area contributed by atoms with Crippen LogP contribution >= 0.6 is 17.0 Å². The van der Waals surface area contributed by atoms with Gasteiger partial charge in [0.25, 0.3) is 0 Å². The zero-order chi connectivity index (χ0) is 7.61. The molecular weight excluding hydrogens is 269 g/mol. The molecule has 0 aliphatic rings. The van der Waals surface area contributed by atoms with Gasteiger partial charge in [-0.15, -0.1) is 17.0 Å². The van der Waals surface area contributed by atoms with E-state index in [1.807, 2.05) is 0 Å². The van der Waals surface area contributed by atoms with Gasteiger partial charge in [-0.2, -0.15) is 0 Å². The molecule has 1 rings (SSSR count). The fourth-order valence-electron chi connectivity index (χ4n) is 0.587. The summed E-state index contributed by atoms with van der Waals surface area (Å²) in [5.74, 6) is 0. The molecule has 0 bridgehead atoms. The molecule has 0 heterocycles. The smallest absolute Gasteiger partial charge is 0.744 e. The first-order chi connectivity index (χ1) is 4.61. The molecule has 0 aromatic heterocycles. The van der Waals surface area contributed by atoms with Crippen molar-refractivity contribution in [3.05, 3.63) is 30.3 Å². The van der Waals surface area contributed by atoms with Crippen LogP contribution in [0.15, 0.2) is 35.2 Å². The van der Waals surface area contributed by atoms with E-state index in [0.717, 1.165) is 0 Å². The van der Waals surface area contributed by atoms with E-state index in [1.165, 1.54) is 24.3 Å². The Balaban J connectivity index is -0.000000333. The molecule has 0 radical (unpaired) electrons. The molecule has 0 aliphatic heterocycles. The van der Waals surface area contributed by atoms with E-state index in [4.69, 9.17) is 0 Å². The second-order valence-corrected chi connectivity index (χ2v) is 3.15. The standard InChI is InChI=1S/C6H6O3S.BrH.H3N.Na/c7-10(8,9)6-4-2-1-3-5-6;;;/h1-5H,(H,7,8,9);1H;1H3;/q;;;+1/p-1. The summed E-state index contributed by atoms with van der Waals surface area (Å²) in [7, 11) is -4.25. The molecule has 0 unspecified atom stereocenters. The van der Waals surface area contributed by atoms with Crippen LogP contribution in [0.1, 0.15) is 0 Å². The molecule has 0 amide bonds. The Morgan fingerprint density at radius 1 is 1.08 bits per heavy atom. The van der Waals surface area contributed by atoms with Gasteiger partial charge in [0.1, 0.15) is 10.1 Å². The minimum atomic E-state index is -4.25. The van der Waals surface area contributed by atoms with Crippen molar-refractivity contribution in [2.45, 2.75) is 4.90 Å². The van der Waals surface area contributed by atoms with Gasteiger partial charge in [-0.05, 0) is 12.1 Å². The quantitative estimate of drug-likeness (QED) is 0.491. The fraction of sp³-hybridized carbons (Fsp3) is 0. The van der Waals surface area contributed by atoms with E-state index >= 15 is 0 Å². The van der Waals surface area contributed by atoms with Gasteiger partial charge < -0.3 is 10.7 Å². The van der Waals surface area contributed by atoms with Gasteiger partial charge in [-0.3, -0.25) is 0 Å². The van der Waals surface area contributed by atoms with E-state index in [9.17, 15) is 13.0 Å². The maximum absolute atomic E-state index is 10.3. The largest absolute Gasteiger partial charge is 1.00 e. The Morgan fingerprint density at radius 2 is 1.46 bits per heavy atom. The maximum Gasteiger partial charge on any atom is 1.00 e. The Labute approximate surface area is 110 Å². The van der Waals surface area contributed by atoms with E-state index in [-0.39, 0.29) is 57.6 Å². The second-order valence-electron chi connectivity index (χ2n) is 1.77. The molecule has 3 N–H and O–H groups in total. The van der Waals surface area contributed by atoms with Crippen LogP contribution in [0.3, 0.4) is 0 Å². The van der Waals surface area contributed by atoms with Crippen molar-refractivity contribution in [3.8, 4) is 0 Å². The van der Waals surface area contributed by atoms with Crippen LogP contribution in [0.4, 0.5) is 0 Å². The minimum absolute atomic E-state index is 0. The summed E-state index contributed by atoms with van der Waals surface area (Å²) in [6.45, 7) is 0. The van der Waals surface area contributed by atoms with Crippen LogP contribution in [0, 0.1) is 0 Å². The van der Waals surface area contributed by atoms with Crippen molar-refractivity contribution >= 4 is 27.1 Å². The van der Waals surface area contributed by atoms with Crippen LogP contribution in [-0.4, -0.2) is 13.0 Å². The summed E-state index contributed by atoms with van der Waals surface area (Å²) in [6, 6.07) is 7.19.